The molecule has 0 bridgehead atoms. The van der Waals surface area contributed by atoms with Crippen LogP contribution in [0.4, 0.5) is 10.1 Å². The number of sulfonamides is 1. The summed E-state index contributed by atoms with van der Waals surface area (Å²) < 4.78 is 42.1. The van der Waals surface area contributed by atoms with Crippen molar-refractivity contribution in [3.8, 4) is 11.4 Å². The van der Waals surface area contributed by atoms with Gasteiger partial charge in [-0.2, -0.15) is 4.31 Å². The van der Waals surface area contributed by atoms with Crippen molar-refractivity contribution < 1.29 is 17.6 Å². The summed E-state index contributed by atoms with van der Waals surface area (Å²) in [6, 6.07) is 12.7. The average molecular weight is 482 g/mol. The number of anilines is 1. The smallest absolute Gasteiger partial charge is 0.272 e. The normalized spacial score (nSPS) is 15.0. The molecule has 2 aromatic heterocycles. The molecule has 1 amide bonds. The second-order valence-corrected chi connectivity index (χ2v) is 10.4. The summed E-state index contributed by atoms with van der Waals surface area (Å²) in [5.74, 6) is -0.147. The molecule has 0 atom stereocenters. The number of halogens is 1. The van der Waals surface area contributed by atoms with Gasteiger partial charge < -0.3 is 14.9 Å². The minimum atomic E-state index is -3.63. The van der Waals surface area contributed by atoms with Crippen LogP contribution >= 0.6 is 0 Å². The van der Waals surface area contributed by atoms with Gasteiger partial charge in [-0.25, -0.2) is 17.8 Å². The Balaban J connectivity index is 1.37. The largest absolute Gasteiger partial charge is 0.345 e. The molecule has 10 heteroatoms. The van der Waals surface area contributed by atoms with Crippen LogP contribution < -0.4 is 5.32 Å². The number of H-pyrrole nitrogens is 1. The molecule has 1 saturated heterocycles. The fourth-order valence-corrected chi connectivity index (χ4v) is 5.77. The molecule has 176 valence electrons. The lowest BCUT2D eigenvalue weighted by molar-refractivity contribution is 0.101. The molecule has 1 aliphatic heterocycles. The van der Waals surface area contributed by atoms with Gasteiger partial charge in [-0.15, -0.1) is 0 Å². The lowest BCUT2D eigenvalue weighted by atomic mass is 10.2. The summed E-state index contributed by atoms with van der Waals surface area (Å²) in [5, 5.41) is 2.83. The van der Waals surface area contributed by atoms with E-state index in [0.717, 1.165) is 24.8 Å². The van der Waals surface area contributed by atoms with Gasteiger partial charge in [0.05, 0.1) is 11.0 Å². The van der Waals surface area contributed by atoms with Crippen LogP contribution in [0, 0.1) is 5.82 Å². The summed E-state index contributed by atoms with van der Waals surface area (Å²) in [6.07, 6.45) is 4.20. The van der Waals surface area contributed by atoms with Gasteiger partial charge in [0.25, 0.3) is 5.91 Å². The van der Waals surface area contributed by atoms with Gasteiger partial charge in [0.15, 0.2) is 0 Å². The number of nitrogens with zero attached hydrogens (tertiary/aromatic N) is 3. The minimum absolute atomic E-state index is 0.120. The van der Waals surface area contributed by atoms with Crippen LogP contribution in [-0.4, -0.2) is 46.3 Å². The third kappa shape index (κ3) is 4.22. The number of aryl methyl sites for hydroxylation is 1. The van der Waals surface area contributed by atoms with Gasteiger partial charge in [-0.1, -0.05) is 6.42 Å². The first-order valence-corrected chi connectivity index (χ1v) is 12.5. The van der Waals surface area contributed by atoms with Crippen molar-refractivity contribution in [3.05, 3.63) is 66.2 Å². The maximum Gasteiger partial charge on any atom is 0.272 e. The maximum atomic E-state index is 13.2. The zero-order chi connectivity index (χ0) is 23.9. The van der Waals surface area contributed by atoms with E-state index in [2.05, 4.69) is 15.3 Å². The molecular weight excluding hydrogens is 457 g/mol. The van der Waals surface area contributed by atoms with Gasteiger partial charge >= 0.3 is 0 Å². The number of piperidine rings is 1. The number of hydrogen-bond acceptors (Lipinski definition) is 4. The van der Waals surface area contributed by atoms with Crippen molar-refractivity contribution in [2.45, 2.75) is 24.2 Å². The summed E-state index contributed by atoms with van der Waals surface area (Å²) in [4.78, 5) is 20.8. The minimum Gasteiger partial charge on any atom is -0.345 e. The van der Waals surface area contributed by atoms with Gasteiger partial charge in [0.1, 0.15) is 22.2 Å². The molecule has 4 aromatic rings. The van der Waals surface area contributed by atoms with Crippen LogP contribution in [0.3, 0.4) is 0 Å². The molecule has 1 aliphatic rings. The van der Waals surface area contributed by atoms with E-state index in [0.29, 0.717) is 35.6 Å². The second kappa shape index (κ2) is 8.69. The Morgan fingerprint density at radius 1 is 1.06 bits per heavy atom. The Morgan fingerprint density at radius 3 is 2.53 bits per heavy atom. The first-order chi connectivity index (χ1) is 16.3. The van der Waals surface area contributed by atoms with Crippen LogP contribution in [0.15, 0.2) is 59.6 Å². The Labute approximate surface area is 196 Å². The van der Waals surface area contributed by atoms with E-state index in [1.165, 1.54) is 33.3 Å². The zero-order valence-corrected chi connectivity index (χ0v) is 19.4. The van der Waals surface area contributed by atoms with Crippen molar-refractivity contribution in [3.63, 3.8) is 0 Å². The molecule has 0 saturated carbocycles. The summed E-state index contributed by atoms with van der Waals surface area (Å²) in [5.41, 5.74) is 2.93. The van der Waals surface area contributed by atoms with Gasteiger partial charge in [-0.05, 0) is 61.4 Å². The molecule has 5 rings (SSSR count). The highest BCUT2D eigenvalue weighted by atomic mass is 32.2. The lowest BCUT2D eigenvalue weighted by Crippen LogP contribution is -2.35. The van der Waals surface area contributed by atoms with E-state index in [4.69, 9.17) is 0 Å². The topological polar surface area (TPSA) is 100 Å². The van der Waals surface area contributed by atoms with E-state index < -0.39 is 15.9 Å². The molecule has 2 aromatic carbocycles. The molecule has 2 N–H and O–H groups in total. The van der Waals surface area contributed by atoms with Crippen molar-refractivity contribution in [1.82, 2.24) is 18.8 Å². The highest BCUT2D eigenvalue weighted by Gasteiger charge is 2.28. The lowest BCUT2D eigenvalue weighted by Gasteiger charge is -2.25. The number of amides is 1. The van der Waals surface area contributed by atoms with E-state index in [1.807, 2.05) is 0 Å². The quantitative estimate of drug-likeness (QED) is 0.448. The Morgan fingerprint density at radius 2 is 1.79 bits per heavy atom. The first kappa shape index (κ1) is 22.3. The maximum absolute atomic E-state index is 13.2. The number of hydrogen-bond donors (Lipinski definition) is 2. The fraction of sp³-hybridized carbons (Fsp3) is 0.250. The number of imidazole rings is 1. The SMILES string of the molecule is Cn1cc(S(=O)(=O)N2CCCCC2)cc1C(=O)Nc1ccc2nc(-c3ccc(F)cc3)[nH]c2c1. The van der Waals surface area contributed by atoms with Crippen LogP contribution in [0.5, 0.6) is 0 Å². The molecule has 0 spiro atoms. The molecule has 1 fully saturated rings. The predicted octanol–water partition coefficient (Wildman–Crippen LogP) is 4.13. The molecule has 0 aliphatic carbocycles. The van der Waals surface area contributed by atoms with E-state index in [-0.39, 0.29) is 16.4 Å². The first-order valence-electron chi connectivity index (χ1n) is 11.0. The summed E-state index contributed by atoms with van der Waals surface area (Å²) >= 11 is 0. The van der Waals surface area contributed by atoms with Gasteiger partial charge in [-0.3, -0.25) is 4.79 Å². The van der Waals surface area contributed by atoms with Crippen LogP contribution in [0.25, 0.3) is 22.4 Å². The van der Waals surface area contributed by atoms with Gasteiger partial charge in [0, 0.05) is 37.6 Å². The third-order valence-electron chi connectivity index (χ3n) is 6.02. The molecule has 0 radical (unpaired) electrons. The monoisotopic (exact) mass is 481 g/mol. The number of carbonyl (C=O) groups excluding carboxylic acids is 1. The zero-order valence-electron chi connectivity index (χ0n) is 18.6. The number of aromatic nitrogens is 3. The van der Waals surface area contributed by atoms with Crippen molar-refractivity contribution in [2.75, 3.05) is 18.4 Å². The predicted molar refractivity (Wildman–Crippen MR) is 127 cm³/mol. The van der Waals surface area contributed by atoms with E-state index in [9.17, 15) is 17.6 Å². The molecular formula is C24H24FN5O3S. The van der Waals surface area contributed by atoms with Crippen molar-refractivity contribution >= 4 is 32.7 Å². The highest BCUT2D eigenvalue weighted by molar-refractivity contribution is 7.89. The Bertz CT molecular complexity index is 1470. The van der Waals surface area contributed by atoms with E-state index >= 15 is 0 Å². The average Bonchev–Trinajstić information content (AvgIpc) is 3.44. The Hall–Kier alpha value is -3.50. The third-order valence-corrected chi connectivity index (χ3v) is 7.89. The van der Waals surface area contributed by atoms with E-state index in [1.54, 1.807) is 37.4 Å². The number of benzene rings is 2. The Kier molecular flexibility index (Phi) is 5.70. The molecule has 34 heavy (non-hydrogen) atoms. The van der Waals surface area contributed by atoms with Gasteiger partial charge in [0.2, 0.25) is 10.0 Å². The van der Waals surface area contributed by atoms with Crippen LogP contribution in [0.2, 0.25) is 0 Å². The second-order valence-electron chi connectivity index (χ2n) is 8.42. The summed E-state index contributed by atoms with van der Waals surface area (Å²) in [6.45, 7) is 1.01. The summed E-state index contributed by atoms with van der Waals surface area (Å²) in [7, 11) is -1.98. The molecule has 8 nitrogen and oxygen atoms in total. The van der Waals surface area contributed by atoms with Crippen LogP contribution in [-0.2, 0) is 17.1 Å². The molecule has 3 heterocycles. The standard InChI is InChI=1S/C24H24FN5O3S/c1-29-15-19(34(32,33)30-11-3-2-4-12-30)14-22(29)24(31)26-18-9-10-20-21(13-18)28-23(27-20)16-5-7-17(25)8-6-16/h5-10,13-15H,2-4,11-12H2,1H3,(H,26,31)(H,27,28). The van der Waals surface area contributed by atoms with Crippen molar-refractivity contribution in [2.24, 2.45) is 7.05 Å². The van der Waals surface area contributed by atoms with Crippen molar-refractivity contribution in [1.29, 1.82) is 0 Å². The fourth-order valence-electron chi connectivity index (χ4n) is 4.18. The highest BCUT2D eigenvalue weighted by Crippen LogP contribution is 2.25. The number of carbonyl (C=O) groups is 1. The number of rotatable bonds is 5. The number of nitrogens with one attached hydrogen (secondary N) is 2. The number of aromatic amines is 1. The molecule has 0 unspecified atom stereocenters. The number of fused-ring (bicyclic) bond motifs is 1. The van der Waals surface area contributed by atoms with Crippen LogP contribution in [0.1, 0.15) is 29.8 Å².